The van der Waals surface area contributed by atoms with Gasteiger partial charge in [0.05, 0.1) is 29.1 Å². The van der Waals surface area contributed by atoms with Crippen LogP contribution in [0.4, 0.5) is 16.2 Å². The third-order valence-corrected chi connectivity index (χ3v) is 5.54. The topological polar surface area (TPSA) is 171 Å². The number of allylic oxidation sites excluding steroid dienone is 6. The van der Waals surface area contributed by atoms with E-state index in [1.54, 1.807) is 30.4 Å². The van der Waals surface area contributed by atoms with Crippen LogP contribution in [0.5, 0.6) is 0 Å². The summed E-state index contributed by atoms with van der Waals surface area (Å²) in [5, 5.41) is 10.1. The molecule has 0 radical (unpaired) electrons. The number of nitrogens with zero attached hydrogens (tertiary/aromatic N) is 4. The van der Waals surface area contributed by atoms with Gasteiger partial charge in [-0.15, -0.1) is 0 Å². The zero-order valence-corrected chi connectivity index (χ0v) is 17.8. The van der Waals surface area contributed by atoms with Crippen molar-refractivity contribution in [3.8, 4) is 0 Å². The van der Waals surface area contributed by atoms with Gasteiger partial charge in [0.15, 0.2) is 11.6 Å². The minimum Gasteiger partial charge on any atom is -0.228 e. The van der Waals surface area contributed by atoms with Crippen molar-refractivity contribution in [1.82, 2.24) is 9.97 Å². The molecule has 0 aromatic carbocycles. The Morgan fingerprint density at radius 2 is 1.42 bits per heavy atom. The maximum atomic E-state index is 14.2. The molecule has 0 bridgehead atoms. The lowest BCUT2D eigenvalue weighted by Crippen LogP contribution is -2.19. The number of nitrogens with two attached hydrogens (primary N) is 2. The number of halogens is 1. The summed E-state index contributed by atoms with van der Waals surface area (Å²) >= 11 is 0. The highest BCUT2D eigenvalue weighted by atomic mass is 32.2. The van der Waals surface area contributed by atoms with Gasteiger partial charge in [-0.2, -0.15) is 4.98 Å². The van der Waals surface area contributed by atoms with Crippen molar-refractivity contribution >= 4 is 43.2 Å². The number of hydrogen-bond acceptors (Lipinski definition) is 8. The van der Waals surface area contributed by atoms with Crippen LogP contribution in [-0.4, -0.2) is 49.7 Å². The van der Waals surface area contributed by atoms with Crippen molar-refractivity contribution < 1.29 is 21.2 Å². The van der Waals surface area contributed by atoms with Crippen molar-refractivity contribution in [2.24, 2.45) is 20.3 Å². The van der Waals surface area contributed by atoms with E-state index in [1.165, 1.54) is 6.08 Å². The molecule has 13 heteroatoms. The molecule has 0 saturated carbocycles. The Kier molecular flexibility index (Phi) is 6.69. The van der Waals surface area contributed by atoms with Gasteiger partial charge in [-0.25, -0.2) is 46.5 Å². The van der Waals surface area contributed by atoms with Gasteiger partial charge >= 0.3 is 0 Å². The van der Waals surface area contributed by atoms with Crippen molar-refractivity contribution in [2.75, 3.05) is 11.5 Å². The van der Waals surface area contributed by atoms with Crippen molar-refractivity contribution in [3.63, 3.8) is 0 Å². The van der Waals surface area contributed by atoms with Crippen LogP contribution >= 0.6 is 0 Å². The molecule has 3 rings (SSSR count). The number of sulfonamides is 2. The molecule has 0 fully saturated rings. The second-order valence-electron chi connectivity index (χ2n) is 6.85. The summed E-state index contributed by atoms with van der Waals surface area (Å²) in [5.41, 5.74) is 1.74. The number of aromatic nitrogens is 2. The Morgan fingerprint density at radius 1 is 0.903 bits per heavy atom. The molecule has 1 aromatic rings. The second kappa shape index (κ2) is 9.09. The zero-order valence-electron chi connectivity index (χ0n) is 16.1. The van der Waals surface area contributed by atoms with Gasteiger partial charge in [-0.1, -0.05) is 12.2 Å². The number of hydrogen-bond donors (Lipinski definition) is 2. The number of rotatable bonds is 6. The quantitative estimate of drug-likeness (QED) is 0.636. The van der Waals surface area contributed by atoms with E-state index in [0.29, 0.717) is 35.4 Å². The van der Waals surface area contributed by atoms with Gasteiger partial charge in [0, 0.05) is 0 Å². The minimum absolute atomic E-state index is 0.0815. The summed E-state index contributed by atoms with van der Waals surface area (Å²) < 4.78 is 59.3. The van der Waals surface area contributed by atoms with E-state index in [0.717, 1.165) is 6.20 Å². The molecule has 0 spiro atoms. The molecule has 31 heavy (non-hydrogen) atoms. The molecule has 1 aromatic heterocycles. The maximum Gasteiger partial charge on any atom is 0.252 e. The van der Waals surface area contributed by atoms with E-state index in [4.69, 9.17) is 10.3 Å². The summed E-state index contributed by atoms with van der Waals surface area (Å²) in [6, 6.07) is 0. The van der Waals surface area contributed by atoms with E-state index in [1.807, 2.05) is 0 Å². The third kappa shape index (κ3) is 7.40. The van der Waals surface area contributed by atoms with Crippen molar-refractivity contribution in [3.05, 3.63) is 59.6 Å². The van der Waals surface area contributed by atoms with Crippen LogP contribution in [0.2, 0.25) is 0 Å². The van der Waals surface area contributed by atoms with E-state index in [9.17, 15) is 21.2 Å². The molecular weight excluding hydrogens is 447 g/mol. The zero-order chi connectivity index (χ0) is 22.6. The van der Waals surface area contributed by atoms with Crippen molar-refractivity contribution in [1.29, 1.82) is 0 Å². The average Bonchev–Trinajstić information content (AvgIpc) is 2.62. The maximum absolute atomic E-state index is 14.2. The molecule has 0 atom stereocenters. The Balaban J connectivity index is 1.89. The molecule has 0 aliphatic heterocycles. The Morgan fingerprint density at radius 3 is 1.94 bits per heavy atom. The first-order valence-electron chi connectivity index (χ1n) is 8.90. The fourth-order valence-corrected chi connectivity index (χ4v) is 4.31. The van der Waals surface area contributed by atoms with E-state index < -0.39 is 25.9 Å². The summed E-state index contributed by atoms with van der Waals surface area (Å²) in [5.74, 6) is -1.79. The molecule has 164 valence electrons. The molecule has 10 nitrogen and oxygen atoms in total. The predicted octanol–water partition coefficient (Wildman–Crippen LogP) is 1.11. The molecule has 4 N–H and O–H groups in total. The van der Waals surface area contributed by atoms with Gasteiger partial charge in [-0.3, -0.25) is 0 Å². The standard InChI is InChI=1S/C18H19FN6O4S2/c19-16-9-22-18(24-15-6-2-4-13(8-15)11-31(21,28)29)25-17(16)23-14-5-1-3-12(7-14)10-30(20,26)27/h1-2,5-9H,3-4,10-11H2,(H2,20,26,27)(H2,21,28,29). The highest BCUT2D eigenvalue weighted by Crippen LogP contribution is 2.21. The van der Waals surface area contributed by atoms with Crippen LogP contribution in [0, 0.1) is 5.82 Å². The normalized spacial score (nSPS) is 19.6. The van der Waals surface area contributed by atoms with Gasteiger partial charge in [0.1, 0.15) is 0 Å². The lowest BCUT2D eigenvalue weighted by Gasteiger charge is -2.09. The van der Waals surface area contributed by atoms with Gasteiger partial charge in [0.25, 0.3) is 5.95 Å². The average molecular weight is 467 g/mol. The van der Waals surface area contributed by atoms with E-state index in [-0.39, 0.29) is 23.3 Å². The Labute approximate surface area is 178 Å². The minimum atomic E-state index is -3.70. The fraction of sp³-hybridized carbons (Fsp3) is 0.222. The van der Waals surface area contributed by atoms with E-state index in [2.05, 4.69) is 20.0 Å². The van der Waals surface area contributed by atoms with Gasteiger partial charge < -0.3 is 0 Å². The first kappa shape index (κ1) is 22.8. The molecule has 0 unspecified atom stereocenters. The monoisotopic (exact) mass is 466 g/mol. The van der Waals surface area contributed by atoms with Crippen LogP contribution in [0.1, 0.15) is 12.8 Å². The Hall–Kier alpha value is -2.87. The highest BCUT2D eigenvalue weighted by Gasteiger charge is 2.13. The molecule has 2 aliphatic rings. The van der Waals surface area contributed by atoms with Gasteiger partial charge in [-0.05, 0) is 48.3 Å². The molecular formula is C18H19FN6O4S2. The largest absolute Gasteiger partial charge is 0.252 e. The van der Waals surface area contributed by atoms with Crippen LogP contribution in [0.25, 0.3) is 0 Å². The van der Waals surface area contributed by atoms with Crippen LogP contribution in [0.3, 0.4) is 0 Å². The highest BCUT2D eigenvalue weighted by molar-refractivity contribution is 7.89. The fourth-order valence-electron chi connectivity index (χ4n) is 2.87. The first-order chi connectivity index (χ1) is 14.5. The molecule has 1 heterocycles. The predicted molar refractivity (Wildman–Crippen MR) is 116 cm³/mol. The summed E-state index contributed by atoms with van der Waals surface area (Å²) in [7, 11) is -7.38. The lowest BCUT2D eigenvalue weighted by molar-refractivity contribution is 0.597. The first-order valence-corrected chi connectivity index (χ1v) is 12.3. The van der Waals surface area contributed by atoms with Crippen LogP contribution < -0.4 is 10.3 Å². The smallest absolute Gasteiger partial charge is 0.228 e. The van der Waals surface area contributed by atoms with Gasteiger partial charge in [0.2, 0.25) is 20.0 Å². The SMILES string of the molecule is NS(=O)(=O)CC1=CC(=Nc2ncc(F)c(N=C3C=CCC(CS(N)(=O)=O)=C3)n2)C=CC1. The molecule has 0 amide bonds. The lowest BCUT2D eigenvalue weighted by atomic mass is 10.1. The molecule has 0 saturated heterocycles. The summed E-state index contributed by atoms with van der Waals surface area (Å²) in [6.07, 6.45) is 11.4. The van der Waals surface area contributed by atoms with E-state index >= 15 is 0 Å². The Bertz CT molecular complexity index is 1290. The van der Waals surface area contributed by atoms with Crippen LogP contribution in [-0.2, 0) is 20.0 Å². The van der Waals surface area contributed by atoms with Crippen LogP contribution in [0.15, 0.2) is 63.8 Å². The third-order valence-electron chi connectivity index (χ3n) is 3.99. The molecule has 2 aliphatic carbocycles. The van der Waals surface area contributed by atoms with Crippen molar-refractivity contribution in [2.45, 2.75) is 12.8 Å². The summed E-state index contributed by atoms with van der Waals surface area (Å²) in [6.45, 7) is 0. The second-order valence-corrected chi connectivity index (χ2v) is 10.1. The number of aliphatic imine (C=N–C) groups is 2. The number of primary sulfonamides is 2. The summed E-state index contributed by atoms with van der Waals surface area (Å²) in [4.78, 5) is 16.1.